The van der Waals surface area contributed by atoms with Crippen LogP contribution in [0.15, 0.2) is 18.2 Å². The second-order valence-electron chi connectivity index (χ2n) is 5.75. The van der Waals surface area contributed by atoms with E-state index in [1.165, 1.54) is 12.0 Å². The first-order chi connectivity index (χ1) is 9.64. The van der Waals surface area contributed by atoms with Crippen LogP contribution in [0.1, 0.15) is 36.7 Å². The number of benzene rings is 1. The summed E-state index contributed by atoms with van der Waals surface area (Å²) in [5, 5.41) is 0. The predicted octanol–water partition coefficient (Wildman–Crippen LogP) is 2.42. The molecule has 0 spiro atoms. The number of esters is 1. The van der Waals surface area contributed by atoms with E-state index >= 15 is 0 Å². The number of nitrogen functional groups attached to an aromatic ring is 1. The predicted molar refractivity (Wildman–Crippen MR) is 79.9 cm³/mol. The van der Waals surface area contributed by atoms with E-state index in [1.54, 1.807) is 46.0 Å². The number of rotatable bonds is 3. The lowest BCUT2D eigenvalue weighted by molar-refractivity contribution is 0.0285. The first-order valence-electron chi connectivity index (χ1n) is 6.55. The Bertz CT molecular complexity index is 535. The Balaban J connectivity index is 2.84. The van der Waals surface area contributed by atoms with Gasteiger partial charge < -0.3 is 20.1 Å². The molecule has 0 radical (unpaired) electrons. The highest BCUT2D eigenvalue weighted by Gasteiger charge is 2.20. The molecule has 116 valence electrons. The topological polar surface area (TPSA) is 81.9 Å². The van der Waals surface area contributed by atoms with E-state index in [4.69, 9.17) is 10.5 Å². The largest absolute Gasteiger partial charge is 0.465 e. The van der Waals surface area contributed by atoms with Gasteiger partial charge in [-0.15, -0.1) is 0 Å². The zero-order valence-electron chi connectivity index (χ0n) is 13.1. The lowest BCUT2D eigenvalue weighted by Crippen LogP contribution is -2.33. The van der Waals surface area contributed by atoms with E-state index < -0.39 is 17.7 Å². The van der Waals surface area contributed by atoms with Crippen LogP contribution >= 0.6 is 0 Å². The van der Waals surface area contributed by atoms with Crippen LogP contribution in [0.4, 0.5) is 10.5 Å². The van der Waals surface area contributed by atoms with Gasteiger partial charge in [0.25, 0.3) is 0 Å². The molecule has 2 N–H and O–H groups in total. The number of hydrogen-bond donors (Lipinski definition) is 1. The van der Waals surface area contributed by atoms with Crippen LogP contribution in [-0.4, -0.2) is 36.7 Å². The number of ether oxygens (including phenoxy) is 2. The smallest absolute Gasteiger partial charge is 0.410 e. The van der Waals surface area contributed by atoms with Crippen LogP contribution in [0.2, 0.25) is 0 Å². The Morgan fingerprint density at radius 2 is 1.90 bits per heavy atom. The van der Waals surface area contributed by atoms with Gasteiger partial charge in [0, 0.05) is 19.3 Å². The van der Waals surface area contributed by atoms with Crippen molar-refractivity contribution in [1.82, 2.24) is 4.90 Å². The zero-order chi connectivity index (χ0) is 16.2. The van der Waals surface area contributed by atoms with Crippen molar-refractivity contribution in [2.24, 2.45) is 0 Å². The summed E-state index contributed by atoms with van der Waals surface area (Å²) in [6.07, 6.45) is -0.432. The Labute approximate surface area is 124 Å². The minimum atomic E-state index is -0.552. The molecular formula is C15H22N2O4. The van der Waals surface area contributed by atoms with Gasteiger partial charge in [0.15, 0.2) is 0 Å². The highest BCUT2D eigenvalue weighted by Crippen LogP contribution is 2.17. The van der Waals surface area contributed by atoms with E-state index in [0.717, 1.165) is 5.56 Å². The Morgan fingerprint density at radius 3 is 2.43 bits per heavy atom. The number of carbonyl (C=O) groups excluding carboxylic acids is 2. The Hall–Kier alpha value is -2.24. The first kappa shape index (κ1) is 16.8. The molecule has 0 aliphatic carbocycles. The maximum Gasteiger partial charge on any atom is 0.410 e. The fourth-order valence-electron chi connectivity index (χ4n) is 1.67. The molecule has 0 bridgehead atoms. The van der Waals surface area contributed by atoms with Crippen LogP contribution < -0.4 is 5.73 Å². The summed E-state index contributed by atoms with van der Waals surface area (Å²) in [4.78, 5) is 24.9. The summed E-state index contributed by atoms with van der Waals surface area (Å²) in [5.41, 5.74) is 6.57. The molecule has 0 aromatic heterocycles. The molecule has 0 atom stereocenters. The maximum atomic E-state index is 11.9. The normalized spacial score (nSPS) is 10.9. The highest BCUT2D eigenvalue weighted by atomic mass is 16.6. The van der Waals surface area contributed by atoms with Gasteiger partial charge in [-0.1, -0.05) is 6.07 Å². The van der Waals surface area contributed by atoms with Crippen molar-refractivity contribution in [2.45, 2.75) is 32.9 Å². The van der Waals surface area contributed by atoms with E-state index in [9.17, 15) is 9.59 Å². The molecule has 0 aliphatic heterocycles. The molecule has 1 amide bonds. The number of anilines is 1. The third kappa shape index (κ3) is 4.98. The van der Waals surface area contributed by atoms with Crippen LogP contribution in [0.25, 0.3) is 0 Å². The van der Waals surface area contributed by atoms with Gasteiger partial charge in [0.1, 0.15) is 5.60 Å². The molecule has 0 fully saturated rings. The number of hydrogen-bond acceptors (Lipinski definition) is 5. The minimum Gasteiger partial charge on any atom is -0.465 e. The standard InChI is InChI=1S/C15H22N2O4/c1-15(2,3)21-14(19)17(4)9-10-6-7-12(16)11(8-10)13(18)20-5/h6-8H,9,16H2,1-5H3. The van der Waals surface area contributed by atoms with Gasteiger partial charge in [-0.3, -0.25) is 0 Å². The average molecular weight is 294 g/mol. The second-order valence-corrected chi connectivity index (χ2v) is 5.75. The van der Waals surface area contributed by atoms with Gasteiger partial charge >= 0.3 is 12.1 Å². The molecular weight excluding hydrogens is 272 g/mol. The molecule has 6 nitrogen and oxygen atoms in total. The Kier molecular flexibility index (Phi) is 5.18. The van der Waals surface area contributed by atoms with Crippen LogP contribution in [0.3, 0.4) is 0 Å². The fourth-order valence-corrected chi connectivity index (χ4v) is 1.67. The molecule has 1 aromatic carbocycles. The SMILES string of the molecule is COC(=O)c1cc(CN(C)C(=O)OC(C)(C)C)ccc1N. The molecule has 21 heavy (non-hydrogen) atoms. The summed E-state index contributed by atoms with van der Waals surface area (Å²) >= 11 is 0. The van der Waals surface area contributed by atoms with Crippen LogP contribution in [0, 0.1) is 0 Å². The van der Waals surface area contributed by atoms with Crippen molar-refractivity contribution in [3.63, 3.8) is 0 Å². The quantitative estimate of drug-likeness (QED) is 0.684. The lowest BCUT2D eigenvalue weighted by Gasteiger charge is -2.24. The molecule has 6 heteroatoms. The van der Waals surface area contributed by atoms with E-state index in [2.05, 4.69) is 4.74 Å². The van der Waals surface area contributed by atoms with E-state index in [-0.39, 0.29) is 5.56 Å². The lowest BCUT2D eigenvalue weighted by atomic mass is 10.1. The van der Waals surface area contributed by atoms with Gasteiger partial charge in [-0.2, -0.15) is 0 Å². The van der Waals surface area contributed by atoms with Crippen molar-refractivity contribution in [2.75, 3.05) is 19.9 Å². The number of nitrogens with zero attached hydrogens (tertiary/aromatic N) is 1. The van der Waals surface area contributed by atoms with Gasteiger partial charge in [-0.25, -0.2) is 9.59 Å². The van der Waals surface area contributed by atoms with E-state index in [0.29, 0.717) is 12.2 Å². The third-order valence-electron chi connectivity index (χ3n) is 2.65. The highest BCUT2D eigenvalue weighted by molar-refractivity contribution is 5.95. The minimum absolute atomic E-state index is 0.285. The van der Waals surface area contributed by atoms with Gasteiger partial charge in [-0.05, 0) is 38.5 Å². The second kappa shape index (κ2) is 6.47. The molecule has 1 aromatic rings. The van der Waals surface area contributed by atoms with E-state index in [1.807, 2.05) is 0 Å². The fraction of sp³-hybridized carbons (Fsp3) is 0.467. The summed E-state index contributed by atoms with van der Waals surface area (Å²) in [6, 6.07) is 4.98. The molecule has 0 saturated carbocycles. The van der Waals surface area contributed by atoms with Crippen molar-refractivity contribution < 1.29 is 19.1 Å². The summed E-state index contributed by atoms with van der Waals surface area (Å²) in [6.45, 7) is 5.71. The summed E-state index contributed by atoms with van der Waals surface area (Å²) in [5.74, 6) is -0.505. The van der Waals surface area contributed by atoms with Crippen LogP contribution in [-0.2, 0) is 16.0 Å². The summed E-state index contributed by atoms with van der Waals surface area (Å²) in [7, 11) is 2.92. The van der Waals surface area contributed by atoms with Crippen molar-refractivity contribution in [3.05, 3.63) is 29.3 Å². The Morgan fingerprint density at radius 1 is 1.29 bits per heavy atom. The van der Waals surface area contributed by atoms with Crippen molar-refractivity contribution in [1.29, 1.82) is 0 Å². The van der Waals surface area contributed by atoms with Crippen molar-refractivity contribution in [3.8, 4) is 0 Å². The number of nitrogens with two attached hydrogens (primary N) is 1. The zero-order valence-corrected chi connectivity index (χ0v) is 13.1. The number of carbonyl (C=O) groups is 2. The average Bonchev–Trinajstić information content (AvgIpc) is 2.38. The monoisotopic (exact) mass is 294 g/mol. The third-order valence-corrected chi connectivity index (χ3v) is 2.65. The summed E-state index contributed by atoms with van der Waals surface area (Å²) < 4.78 is 9.93. The molecule has 0 unspecified atom stereocenters. The molecule has 1 rings (SSSR count). The van der Waals surface area contributed by atoms with Crippen LogP contribution in [0.5, 0.6) is 0 Å². The molecule has 0 aliphatic rings. The van der Waals surface area contributed by atoms with Gasteiger partial charge in [0.05, 0.1) is 12.7 Å². The molecule has 0 saturated heterocycles. The first-order valence-corrected chi connectivity index (χ1v) is 6.55. The number of methoxy groups -OCH3 is 1. The van der Waals surface area contributed by atoms with Crippen molar-refractivity contribution >= 4 is 17.7 Å². The maximum absolute atomic E-state index is 11.9. The molecule has 0 heterocycles. The van der Waals surface area contributed by atoms with Gasteiger partial charge in [0.2, 0.25) is 0 Å². The number of amides is 1.